The lowest BCUT2D eigenvalue weighted by Crippen LogP contribution is -2.30. The first-order valence-corrected chi connectivity index (χ1v) is 9.63. The minimum absolute atomic E-state index is 0.115. The van der Waals surface area contributed by atoms with Gasteiger partial charge in [-0.05, 0) is 64.0 Å². The fourth-order valence-corrected chi connectivity index (χ4v) is 3.72. The number of fused-ring (bicyclic) bond motifs is 1. The van der Waals surface area contributed by atoms with Crippen LogP contribution >= 0.6 is 15.9 Å². The predicted molar refractivity (Wildman–Crippen MR) is 101 cm³/mol. The average Bonchev–Trinajstić information content (AvgIpc) is 2.76. The summed E-state index contributed by atoms with van der Waals surface area (Å²) in [5.74, 6) is 0.313. The number of hydrogen-bond donors (Lipinski definition) is 1. The summed E-state index contributed by atoms with van der Waals surface area (Å²) in [5, 5.41) is 3.98. The molecule has 0 saturated carbocycles. The zero-order valence-electron chi connectivity index (χ0n) is 14.2. The van der Waals surface area contributed by atoms with Gasteiger partial charge in [0.1, 0.15) is 5.58 Å². The number of nitrogens with zero attached hydrogens (tertiary/aromatic N) is 1. The molecule has 1 fully saturated rings. The molecule has 1 aromatic heterocycles. The third kappa shape index (κ3) is 4.19. The molecule has 4 nitrogen and oxygen atoms in total. The minimum Gasteiger partial charge on any atom is -0.451 e. The van der Waals surface area contributed by atoms with Crippen molar-refractivity contribution in [1.29, 1.82) is 0 Å². The molecule has 0 bridgehead atoms. The van der Waals surface area contributed by atoms with E-state index in [1.54, 1.807) is 0 Å². The molecule has 1 aliphatic rings. The Labute approximate surface area is 151 Å². The molecular weight excluding hydrogens is 368 g/mol. The zero-order valence-corrected chi connectivity index (χ0v) is 15.8. The molecule has 1 aliphatic heterocycles. The molecule has 1 amide bonds. The maximum Gasteiger partial charge on any atom is 0.287 e. The number of furan rings is 1. The number of benzene rings is 1. The Morgan fingerprint density at radius 1 is 1.25 bits per heavy atom. The predicted octanol–water partition coefficient (Wildman–Crippen LogP) is 4.50. The van der Waals surface area contributed by atoms with Gasteiger partial charge >= 0.3 is 0 Å². The summed E-state index contributed by atoms with van der Waals surface area (Å²) in [6.45, 7) is 6.09. The molecule has 0 radical (unpaired) electrons. The lowest BCUT2D eigenvalue weighted by molar-refractivity contribution is 0.0925. The van der Waals surface area contributed by atoms with Gasteiger partial charge in [0.2, 0.25) is 0 Å². The van der Waals surface area contributed by atoms with Crippen LogP contribution in [0.5, 0.6) is 0 Å². The summed E-state index contributed by atoms with van der Waals surface area (Å²) >= 11 is 3.46. The summed E-state index contributed by atoms with van der Waals surface area (Å²) in [6, 6.07) is 5.81. The van der Waals surface area contributed by atoms with Crippen LogP contribution in [0.2, 0.25) is 0 Å². The fraction of sp³-hybridized carbons (Fsp3) is 0.526. The summed E-state index contributed by atoms with van der Waals surface area (Å²) in [7, 11) is 0. The topological polar surface area (TPSA) is 45.5 Å². The smallest absolute Gasteiger partial charge is 0.287 e. The Bertz CT molecular complexity index is 703. The van der Waals surface area contributed by atoms with Crippen molar-refractivity contribution >= 4 is 32.8 Å². The van der Waals surface area contributed by atoms with Gasteiger partial charge in [-0.15, -0.1) is 0 Å². The van der Waals surface area contributed by atoms with Crippen molar-refractivity contribution in [2.24, 2.45) is 0 Å². The summed E-state index contributed by atoms with van der Waals surface area (Å²) in [6.07, 6.45) is 6.31. The molecule has 3 rings (SSSR count). The molecule has 0 aliphatic carbocycles. The average molecular weight is 393 g/mol. The zero-order chi connectivity index (χ0) is 16.9. The Hall–Kier alpha value is -1.33. The second-order valence-electron chi connectivity index (χ2n) is 6.56. The lowest BCUT2D eigenvalue weighted by atomic mass is 10.1. The van der Waals surface area contributed by atoms with Crippen molar-refractivity contribution in [3.05, 3.63) is 34.0 Å². The maximum atomic E-state index is 12.4. The van der Waals surface area contributed by atoms with Gasteiger partial charge in [-0.3, -0.25) is 4.79 Å². The molecule has 24 heavy (non-hydrogen) atoms. The molecule has 1 saturated heterocycles. The fourth-order valence-electron chi connectivity index (χ4n) is 3.35. The molecule has 2 aromatic rings. The first-order valence-electron chi connectivity index (χ1n) is 8.84. The normalized spacial score (nSPS) is 16.2. The molecule has 0 spiro atoms. The standard InChI is InChI=1S/C19H25BrN2O2/c1-14-16-13-15(20)7-8-17(16)24-18(14)19(23)21-9-6-12-22-10-4-2-3-5-11-22/h7-8,13H,2-6,9-12H2,1H3,(H,21,23). The van der Waals surface area contributed by atoms with E-state index in [1.165, 1.54) is 38.8 Å². The number of nitrogens with one attached hydrogen (secondary N) is 1. The van der Waals surface area contributed by atoms with Gasteiger partial charge < -0.3 is 14.6 Å². The van der Waals surface area contributed by atoms with E-state index in [-0.39, 0.29) is 5.91 Å². The van der Waals surface area contributed by atoms with E-state index in [0.29, 0.717) is 12.3 Å². The van der Waals surface area contributed by atoms with Gasteiger partial charge in [-0.2, -0.15) is 0 Å². The van der Waals surface area contributed by atoms with Crippen LogP contribution in [0.4, 0.5) is 0 Å². The van der Waals surface area contributed by atoms with Crippen molar-refractivity contribution in [3.8, 4) is 0 Å². The van der Waals surface area contributed by atoms with Crippen molar-refractivity contribution in [1.82, 2.24) is 10.2 Å². The molecule has 1 N–H and O–H groups in total. The van der Waals surface area contributed by atoms with E-state index < -0.39 is 0 Å². The number of halogens is 1. The monoisotopic (exact) mass is 392 g/mol. The number of aryl methyl sites for hydroxylation is 1. The van der Waals surface area contributed by atoms with Gasteiger partial charge in [-0.1, -0.05) is 28.8 Å². The number of carbonyl (C=O) groups excluding carboxylic acids is 1. The van der Waals surface area contributed by atoms with Gasteiger partial charge in [0.15, 0.2) is 5.76 Å². The SMILES string of the molecule is Cc1c(C(=O)NCCCN2CCCCCC2)oc2ccc(Br)cc12. The van der Waals surface area contributed by atoms with Crippen LogP contribution < -0.4 is 5.32 Å². The second-order valence-corrected chi connectivity index (χ2v) is 7.48. The molecule has 0 atom stereocenters. The highest BCUT2D eigenvalue weighted by molar-refractivity contribution is 9.10. The third-order valence-corrected chi connectivity index (χ3v) is 5.23. The Kier molecular flexibility index (Phi) is 5.95. The highest BCUT2D eigenvalue weighted by atomic mass is 79.9. The first-order chi connectivity index (χ1) is 11.6. The number of likely N-dealkylation sites (tertiary alicyclic amines) is 1. The van der Waals surface area contributed by atoms with Crippen LogP contribution in [0.3, 0.4) is 0 Å². The van der Waals surface area contributed by atoms with E-state index in [4.69, 9.17) is 4.42 Å². The summed E-state index contributed by atoms with van der Waals surface area (Å²) < 4.78 is 6.73. The second kappa shape index (κ2) is 8.17. The Balaban J connectivity index is 1.52. The molecular formula is C19H25BrN2O2. The van der Waals surface area contributed by atoms with E-state index in [0.717, 1.165) is 34.0 Å². The third-order valence-electron chi connectivity index (χ3n) is 4.74. The summed E-state index contributed by atoms with van der Waals surface area (Å²) in [4.78, 5) is 14.9. The molecule has 5 heteroatoms. The lowest BCUT2D eigenvalue weighted by Gasteiger charge is -2.19. The van der Waals surface area contributed by atoms with Crippen LogP contribution in [0.1, 0.15) is 48.2 Å². The molecule has 1 aromatic carbocycles. The van der Waals surface area contributed by atoms with Crippen molar-refractivity contribution < 1.29 is 9.21 Å². The Morgan fingerprint density at radius 2 is 2.00 bits per heavy atom. The van der Waals surface area contributed by atoms with Crippen LogP contribution in [-0.2, 0) is 0 Å². The van der Waals surface area contributed by atoms with Gasteiger partial charge in [0, 0.05) is 22.0 Å². The number of rotatable bonds is 5. The summed E-state index contributed by atoms with van der Waals surface area (Å²) in [5.41, 5.74) is 1.65. The molecule has 2 heterocycles. The minimum atomic E-state index is -0.115. The van der Waals surface area contributed by atoms with Gasteiger partial charge in [-0.25, -0.2) is 0 Å². The van der Waals surface area contributed by atoms with Crippen LogP contribution in [0, 0.1) is 6.92 Å². The van der Waals surface area contributed by atoms with E-state index in [1.807, 2.05) is 25.1 Å². The van der Waals surface area contributed by atoms with Crippen LogP contribution in [0.15, 0.2) is 27.1 Å². The number of amides is 1. The van der Waals surface area contributed by atoms with Crippen molar-refractivity contribution in [2.45, 2.75) is 39.0 Å². The van der Waals surface area contributed by atoms with Crippen LogP contribution in [-0.4, -0.2) is 37.0 Å². The molecule has 130 valence electrons. The van der Waals surface area contributed by atoms with E-state index in [2.05, 4.69) is 26.1 Å². The highest BCUT2D eigenvalue weighted by Gasteiger charge is 2.17. The number of hydrogen-bond acceptors (Lipinski definition) is 3. The van der Waals surface area contributed by atoms with Crippen molar-refractivity contribution in [3.63, 3.8) is 0 Å². The quantitative estimate of drug-likeness (QED) is 0.761. The first kappa shape index (κ1) is 17.5. The highest BCUT2D eigenvalue weighted by Crippen LogP contribution is 2.27. The van der Waals surface area contributed by atoms with E-state index >= 15 is 0 Å². The van der Waals surface area contributed by atoms with Crippen molar-refractivity contribution in [2.75, 3.05) is 26.2 Å². The van der Waals surface area contributed by atoms with E-state index in [9.17, 15) is 4.79 Å². The number of carbonyl (C=O) groups is 1. The van der Waals surface area contributed by atoms with Gasteiger partial charge in [0.05, 0.1) is 0 Å². The largest absolute Gasteiger partial charge is 0.451 e. The van der Waals surface area contributed by atoms with Gasteiger partial charge in [0.25, 0.3) is 5.91 Å². The maximum absolute atomic E-state index is 12.4. The molecule has 0 unspecified atom stereocenters. The Morgan fingerprint density at radius 3 is 2.75 bits per heavy atom. The van der Waals surface area contributed by atoms with Crippen LogP contribution in [0.25, 0.3) is 11.0 Å².